The maximum Gasteiger partial charge on any atom is 0.125 e. The molecule has 1 aliphatic carbocycles. The van der Waals surface area contributed by atoms with Crippen molar-refractivity contribution in [2.75, 3.05) is 9.80 Å². The van der Waals surface area contributed by atoms with Crippen molar-refractivity contribution in [3.8, 4) is 11.1 Å². The molecule has 8 aromatic rings. The summed E-state index contributed by atoms with van der Waals surface area (Å²) in [5, 5.41) is 4.72. The standard InChI is InChI=1S/C47H35FN2/c1-47(2)42-30-37(49(34-18-5-3-6-19-34)44-26-13-16-32-15-9-10-23-38(32)44)27-28-41(42)46-40-25-12-11-24-39(40)45(31-43(46)47)50(35-20-7-4-8-21-35)36-22-14-17-33(48)29-36/h3-31H,1-2H3. The van der Waals surface area contributed by atoms with Crippen molar-refractivity contribution in [3.63, 3.8) is 0 Å². The summed E-state index contributed by atoms with van der Waals surface area (Å²) in [6, 6.07) is 60.9. The van der Waals surface area contributed by atoms with Crippen LogP contribution >= 0.6 is 0 Å². The molecule has 0 fully saturated rings. The molecule has 0 saturated carbocycles. The molecule has 8 aromatic carbocycles. The van der Waals surface area contributed by atoms with Gasteiger partial charge in [0.1, 0.15) is 5.82 Å². The van der Waals surface area contributed by atoms with E-state index >= 15 is 0 Å². The molecule has 0 unspecified atom stereocenters. The fourth-order valence-corrected chi connectivity index (χ4v) is 7.90. The van der Waals surface area contributed by atoms with Crippen molar-refractivity contribution in [2.24, 2.45) is 0 Å². The van der Waals surface area contributed by atoms with Gasteiger partial charge < -0.3 is 9.80 Å². The molecule has 240 valence electrons. The molecule has 0 atom stereocenters. The number of halogens is 1. The lowest BCUT2D eigenvalue weighted by Gasteiger charge is -2.30. The molecule has 1 aliphatic rings. The molecular weight excluding hydrogens is 612 g/mol. The highest BCUT2D eigenvalue weighted by atomic mass is 19.1. The average Bonchev–Trinajstić information content (AvgIpc) is 3.38. The molecular formula is C47H35FN2. The summed E-state index contributed by atoms with van der Waals surface area (Å²) < 4.78 is 14.8. The van der Waals surface area contributed by atoms with E-state index in [1.54, 1.807) is 12.1 Å². The quantitative estimate of drug-likeness (QED) is 0.177. The Morgan fingerprint density at radius 2 is 0.980 bits per heavy atom. The minimum atomic E-state index is -0.315. The van der Waals surface area contributed by atoms with Crippen LogP contribution in [-0.2, 0) is 5.41 Å². The third kappa shape index (κ3) is 4.77. The molecule has 0 aliphatic heterocycles. The molecule has 0 bridgehead atoms. The lowest BCUT2D eigenvalue weighted by molar-refractivity contribution is 0.628. The van der Waals surface area contributed by atoms with Crippen molar-refractivity contribution in [1.82, 2.24) is 0 Å². The molecule has 0 N–H and O–H groups in total. The summed E-state index contributed by atoms with van der Waals surface area (Å²) in [6.45, 7) is 4.67. The fraction of sp³-hybridized carbons (Fsp3) is 0.0638. The van der Waals surface area contributed by atoms with E-state index < -0.39 is 0 Å². The second-order valence-electron chi connectivity index (χ2n) is 13.5. The molecule has 2 nitrogen and oxygen atoms in total. The number of para-hydroxylation sites is 2. The van der Waals surface area contributed by atoms with Crippen LogP contribution in [0.4, 0.5) is 38.5 Å². The predicted molar refractivity (Wildman–Crippen MR) is 208 cm³/mol. The van der Waals surface area contributed by atoms with Crippen LogP contribution in [0.25, 0.3) is 32.7 Å². The van der Waals surface area contributed by atoms with Crippen LogP contribution < -0.4 is 9.80 Å². The van der Waals surface area contributed by atoms with Crippen molar-refractivity contribution in [1.29, 1.82) is 0 Å². The number of fused-ring (bicyclic) bond motifs is 6. The van der Waals surface area contributed by atoms with Gasteiger partial charge in [-0.05, 0) is 99.8 Å². The summed E-state index contributed by atoms with van der Waals surface area (Å²) in [4.78, 5) is 4.57. The first-order valence-corrected chi connectivity index (χ1v) is 17.1. The maximum absolute atomic E-state index is 14.8. The summed E-state index contributed by atoms with van der Waals surface area (Å²) in [5.74, 6) is -0.261. The molecule has 3 heteroatoms. The van der Waals surface area contributed by atoms with Crippen molar-refractivity contribution in [3.05, 3.63) is 193 Å². The van der Waals surface area contributed by atoms with Crippen LogP contribution in [0.5, 0.6) is 0 Å². The Labute approximate surface area is 292 Å². The molecule has 0 amide bonds. The highest BCUT2D eigenvalue weighted by Gasteiger charge is 2.38. The monoisotopic (exact) mass is 646 g/mol. The van der Waals surface area contributed by atoms with E-state index in [2.05, 4.69) is 157 Å². The van der Waals surface area contributed by atoms with E-state index in [1.807, 2.05) is 24.3 Å². The zero-order valence-electron chi connectivity index (χ0n) is 28.0. The van der Waals surface area contributed by atoms with Gasteiger partial charge in [-0.2, -0.15) is 0 Å². The number of anilines is 6. The first kappa shape index (κ1) is 29.9. The fourth-order valence-electron chi connectivity index (χ4n) is 7.90. The molecule has 50 heavy (non-hydrogen) atoms. The van der Waals surface area contributed by atoms with Gasteiger partial charge in [-0.1, -0.05) is 123 Å². The van der Waals surface area contributed by atoms with Gasteiger partial charge in [0, 0.05) is 38.9 Å². The Morgan fingerprint density at radius 1 is 0.420 bits per heavy atom. The Balaban J connectivity index is 1.27. The van der Waals surface area contributed by atoms with Crippen molar-refractivity contribution in [2.45, 2.75) is 19.3 Å². The Kier molecular flexibility index (Phi) is 7.03. The maximum atomic E-state index is 14.8. The van der Waals surface area contributed by atoms with Crippen molar-refractivity contribution < 1.29 is 4.39 Å². The first-order chi connectivity index (χ1) is 24.5. The van der Waals surface area contributed by atoms with E-state index in [9.17, 15) is 4.39 Å². The van der Waals surface area contributed by atoms with E-state index in [1.165, 1.54) is 44.5 Å². The molecule has 0 spiro atoms. The van der Waals surface area contributed by atoms with Crippen LogP contribution in [0.1, 0.15) is 25.0 Å². The van der Waals surface area contributed by atoms with E-state index in [-0.39, 0.29) is 11.2 Å². The van der Waals surface area contributed by atoms with E-state index in [0.29, 0.717) is 0 Å². The third-order valence-corrected chi connectivity index (χ3v) is 10.2. The minimum absolute atomic E-state index is 0.261. The Bertz CT molecular complexity index is 2530. The van der Waals surface area contributed by atoms with Gasteiger partial charge in [0.2, 0.25) is 0 Å². The highest BCUT2D eigenvalue weighted by molar-refractivity contribution is 6.10. The normalized spacial score (nSPS) is 12.9. The summed E-state index contributed by atoms with van der Waals surface area (Å²) in [6.07, 6.45) is 0. The van der Waals surface area contributed by atoms with Gasteiger partial charge in [-0.25, -0.2) is 4.39 Å². The van der Waals surface area contributed by atoms with E-state index in [0.717, 1.165) is 39.5 Å². The van der Waals surface area contributed by atoms with Gasteiger partial charge in [0.15, 0.2) is 0 Å². The van der Waals surface area contributed by atoms with Crippen LogP contribution in [0.3, 0.4) is 0 Å². The van der Waals surface area contributed by atoms with Crippen LogP contribution in [0, 0.1) is 5.82 Å². The summed E-state index contributed by atoms with van der Waals surface area (Å²) in [7, 11) is 0. The van der Waals surface area contributed by atoms with Crippen molar-refractivity contribution >= 4 is 55.7 Å². The summed E-state index contributed by atoms with van der Waals surface area (Å²) >= 11 is 0. The smallest absolute Gasteiger partial charge is 0.125 e. The zero-order chi connectivity index (χ0) is 33.8. The molecule has 0 heterocycles. The summed E-state index contributed by atoms with van der Waals surface area (Å²) in [5.41, 5.74) is 10.9. The molecule has 0 radical (unpaired) electrons. The Hall–Kier alpha value is -6.19. The lowest BCUT2D eigenvalue weighted by Crippen LogP contribution is -2.18. The van der Waals surface area contributed by atoms with Crippen LogP contribution in [0.2, 0.25) is 0 Å². The van der Waals surface area contributed by atoms with Gasteiger partial charge >= 0.3 is 0 Å². The lowest BCUT2D eigenvalue weighted by atomic mass is 9.81. The third-order valence-electron chi connectivity index (χ3n) is 10.2. The van der Waals surface area contributed by atoms with Gasteiger partial charge in [-0.15, -0.1) is 0 Å². The number of rotatable bonds is 6. The zero-order valence-corrected chi connectivity index (χ0v) is 28.0. The Morgan fingerprint density at radius 3 is 1.70 bits per heavy atom. The topological polar surface area (TPSA) is 6.48 Å². The average molecular weight is 647 g/mol. The van der Waals surface area contributed by atoms with Crippen LogP contribution in [0.15, 0.2) is 176 Å². The molecule has 0 saturated heterocycles. The van der Waals surface area contributed by atoms with Gasteiger partial charge in [-0.3, -0.25) is 0 Å². The second-order valence-corrected chi connectivity index (χ2v) is 13.5. The first-order valence-electron chi connectivity index (χ1n) is 17.1. The number of nitrogens with zero attached hydrogens (tertiary/aromatic N) is 2. The SMILES string of the molecule is CC1(C)c2cc(N(c3ccccc3)c3cccc4ccccc34)ccc2-c2c1cc(N(c1ccccc1)c1cccc(F)c1)c1ccccc21. The number of hydrogen-bond acceptors (Lipinski definition) is 2. The number of benzene rings is 8. The highest BCUT2D eigenvalue weighted by Crippen LogP contribution is 2.55. The largest absolute Gasteiger partial charge is 0.310 e. The molecule has 9 rings (SSSR count). The van der Waals surface area contributed by atoms with Gasteiger partial charge in [0.25, 0.3) is 0 Å². The van der Waals surface area contributed by atoms with Gasteiger partial charge in [0.05, 0.1) is 11.4 Å². The van der Waals surface area contributed by atoms with Crippen LogP contribution in [-0.4, -0.2) is 0 Å². The molecule has 0 aromatic heterocycles. The predicted octanol–water partition coefficient (Wildman–Crippen LogP) is 13.4. The minimum Gasteiger partial charge on any atom is -0.310 e. The van der Waals surface area contributed by atoms with E-state index in [4.69, 9.17) is 0 Å². The number of hydrogen-bond donors (Lipinski definition) is 0. The second kappa shape index (κ2) is 11.7.